The van der Waals surface area contributed by atoms with Crippen LogP contribution in [0, 0.1) is 0 Å². The molecule has 6 aliphatic carbocycles. The monoisotopic (exact) mass is 360 g/mol. The molecule has 0 atom stereocenters. The molecule has 0 spiro atoms. The molecule has 6 aliphatic rings. The number of hydrogen-bond donors (Lipinski definition) is 0. The first kappa shape index (κ1) is 17.0. The molecular weight excluding hydrogens is 336 g/mol. The van der Waals surface area contributed by atoms with Crippen LogP contribution in [-0.2, 0) is 25.7 Å². The van der Waals surface area contributed by atoms with E-state index in [-0.39, 0.29) is 0 Å². The zero-order chi connectivity index (χ0) is 18.8. The maximum absolute atomic E-state index is 2.40. The molecule has 0 N–H and O–H groups in total. The summed E-state index contributed by atoms with van der Waals surface area (Å²) >= 11 is 0. The van der Waals surface area contributed by atoms with Crippen LogP contribution in [-0.4, -0.2) is 0 Å². The minimum absolute atomic E-state index is 1.06. The fourth-order valence-electron chi connectivity index (χ4n) is 4.21. The highest BCUT2D eigenvalue weighted by atomic mass is 14.1. The fourth-order valence-corrected chi connectivity index (χ4v) is 4.21. The second-order valence-corrected chi connectivity index (χ2v) is 7.79. The van der Waals surface area contributed by atoms with Gasteiger partial charge in [0.15, 0.2) is 0 Å². The van der Waals surface area contributed by atoms with E-state index in [1.165, 1.54) is 44.5 Å². The highest BCUT2D eigenvalue weighted by Gasteiger charge is 2.10. The predicted octanol–water partition coefficient (Wildman–Crippen LogP) is 6.59. The van der Waals surface area contributed by atoms with Crippen LogP contribution in [0.25, 0.3) is 12.2 Å². The first-order valence-electron chi connectivity index (χ1n) is 10.2. The van der Waals surface area contributed by atoms with E-state index in [2.05, 4.69) is 97.2 Å². The Morgan fingerprint density at radius 1 is 0.500 bits per heavy atom. The summed E-state index contributed by atoms with van der Waals surface area (Å²) in [5, 5.41) is 0. The van der Waals surface area contributed by atoms with E-state index in [0.29, 0.717) is 0 Å². The van der Waals surface area contributed by atoms with Crippen molar-refractivity contribution in [3.05, 3.63) is 130 Å². The number of rotatable bonds is 2. The van der Waals surface area contributed by atoms with Gasteiger partial charge in [0.2, 0.25) is 0 Å². The lowest BCUT2D eigenvalue weighted by molar-refractivity contribution is 0.917. The highest BCUT2D eigenvalue weighted by molar-refractivity contribution is 5.66. The third-order valence-corrected chi connectivity index (χ3v) is 5.81. The van der Waals surface area contributed by atoms with Gasteiger partial charge in [0, 0.05) is 0 Å². The van der Waals surface area contributed by atoms with Crippen molar-refractivity contribution in [1.29, 1.82) is 0 Å². The molecule has 0 fully saturated rings. The largest absolute Gasteiger partial charge is 0.0617 e. The van der Waals surface area contributed by atoms with E-state index in [4.69, 9.17) is 0 Å². The maximum atomic E-state index is 2.40. The van der Waals surface area contributed by atoms with Gasteiger partial charge < -0.3 is 0 Å². The molecule has 0 saturated heterocycles. The molecular formula is C28H24. The molecule has 0 saturated carbocycles. The summed E-state index contributed by atoms with van der Waals surface area (Å²) in [6.07, 6.45) is 26.1. The Hall–Kier alpha value is -3.12. The average Bonchev–Trinajstić information content (AvgIpc) is 3.39. The molecule has 0 aliphatic heterocycles. The molecule has 2 aromatic carbocycles. The number of hydrogen-bond acceptors (Lipinski definition) is 0. The normalized spacial score (nSPS) is 16.7. The topological polar surface area (TPSA) is 0 Å². The van der Waals surface area contributed by atoms with Gasteiger partial charge in [0.05, 0.1) is 0 Å². The smallest absolute Gasteiger partial charge is 0.0216 e. The van der Waals surface area contributed by atoms with E-state index in [9.17, 15) is 0 Å². The van der Waals surface area contributed by atoms with Crippen molar-refractivity contribution in [3.8, 4) is 0 Å². The molecule has 28 heavy (non-hydrogen) atoms. The average molecular weight is 361 g/mol. The molecule has 0 unspecified atom stereocenters. The minimum atomic E-state index is 1.06. The molecule has 4 bridgehead atoms. The molecule has 0 aromatic heterocycles. The summed E-state index contributed by atoms with van der Waals surface area (Å²) in [6, 6.07) is 14.1. The third-order valence-electron chi connectivity index (χ3n) is 5.81. The zero-order valence-corrected chi connectivity index (χ0v) is 16.1. The first-order chi connectivity index (χ1) is 13.8. The second-order valence-electron chi connectivity index (χ2n) is 7.79. The van der Waals surface area contributed by atoms with Gasteiger partial charge in [-0.3, -0.25) is 0 Å². The van der Waals surface area contributed by atoms with Crippen molar-refractivity contribution in [2.45, 2.75) is 25.7 Å². The highest BCUT2D eigenvalue weighted by Crippen LogP contribution is 2.26. The Balaban J connectivity index is 1.53. The van der Waals surface area contributed by atoms with Gasteiger partial charge in [-0.25, -0.2) is 0 Å². The SMILES string of the molecule is C1=CC(=Cc2cc3ccc2CCc2ccc(cc2C=C2C=CC=C2)CC3)C=C1. The summed E-state index contributed by atoms with van der Waals surface area (Å²) in [4.78, 5) is 0. The van der Waals surface area contributed by atoms with Crippen LogP contribution < -0.4 is 0 Å². The van der Waals surface area contributed by atoms with E-state index in [1.807, 2.05) is 0 Å². The van der Waals surface area contributed by atoms with Crippen molar-refractivity contribution >= 4 is 12.2 Å². The van der Waals surface area contributed by atoms with Gasteiger partial charge in [-0.2, -0.15) is 0 Å². The Morgan fingerprint density at radius 2 is 0.929 bits per heavy atom. The number of benzene rings is 2. The van der Waals surface area contributed by atoms with Gasteiger partial charge in [-0.05, 0) is 82.4 Å². The Labute approximate surface area is 167 Å². The van der Waals surface area contributed by atoms with Gasteiger partial charge in [0.1, 0.15) is 0 Å². The number of aryl methyl sites for hydroxylation is 4. The molecule has 0 radical (unpaired) electrons. The standard InChI is InChI=1S/C28H24/c1-2-6-21(5-1)17-27-19-23-9-10-24-12-14-26(16-15-25(27)13-11-23)28(20-24)18-22-7-3-4-8-22/h1-8,11-14,17-20H,9-10,15-16H2. The van der Waals surface area contributed by atoms with Crippen LogP contribution in [0.2, 0.25) is 0 Å². The summed E-state index contributed by atoms with van der Waals surface area (Å²) in [7, 11) is 0. The predicted molar refractivity (Wildman–Crippen MR) is 120 cm³/mol. The van der Waals surface area contributed by atoms with Crippen LogP contribution in [0.5, 0.6) is 0 Å². The minimum Gasteiger partial charge on any atom is -0.0617 e. The van der Waals surface area contributed by atoms with Crippen LogP contribution in [0.15, 0.2) is 96.2 Å². The summed E-state index contributed by atoms with van der Waals surface area (Å²) < 4.78 is 0. The van der Waals surface area contributed by atoms with Crippen LogP contribution >= 0.6 is 0 Å². The lowest BCUT2D eigenvalue weighted by Crippen LogP contribution is -2.02. The van der Waals surface area contributed by atoms with Gasteiger partial charge in [-0.15, -0.1) is 0 Å². The van der Waals surface area contributed by atoms with Crippen molar-refractivity contribution in [2.24, 2.45) is 0 Å². The number of allylic oxidation sites excluding steroid dienone is 10. The van der Waals surface area contributed by atoms with E-state index < -0.39 is 0 Å². The van der Waals surface area contributed by atoms with Crippen molar-refractivity contribution < 1.29 is 0 Å². The molecule has 0 heterocycles. The van der Waals surface area contributed by atoms with Crippen LogP contribution in [0.3, 0.4) is 0 Å². The maximum Gasteiger partial charge on any atom is -0.0216 e. The molecule has 136 valence electrons. The van der Waals surface area contributed by atoms with Crippen LogP contribution in [0.4, 0.5) is 0 Å². The lowest BCUT2D eigenvalue weighted by Gasteiger charge is -2.15. The summed E-state index contributed by atoms with van der Waals surface area (Å²) in [5.74, 6) is 0. The fraction of sp³-hybridized carbons (Fsp3) is 0.143. The van der Waals surface area contributed by atoms with Gasteiger partial charge >= 0.3 is 0 Å². The zero-order valence-electron chi connectivity index (χ0n) is 16.1. The molecule has 0 amide bonds. The Bertz CT molecular complexity index is 979. The van der Waals surface area contributed by atoms with E-state index in [0.717, 1.165) is 25.7 Å². The Kier molecular flexibility index (Phi) is 4.54. The lowest BCUT2D eigenvalue weighted by atomic mass is 9.90. The molecule has 0 nitrogen and oxygen atoms in total. The second kappa shape index (κ2) is 7.48. The first-order valence-corrected chi connectivity index (χ1v) is 10.2. The van der Waals surface area contributed by atoms with Gasteiger partial charge in [0.25, 0.3) is 0 Å². The van der Waals surface area contributed by atoms with Gasteiger partial charge in [-0.1, -0.05) is 85.0 Å². The van der Waals surface area contributed by atoms with Crippen molar-refractivity contribution in [1.82, 2.24) is 0 Å². The van der Waals surface area contributed by atoms with Crippen molar-refractivity contribution in [3.63, 3.8) is 0 Å². The molecule has 0 heteroatoms. The van der Waals surface area contributed by atoms with Crippen molar-refractivity contribution in [2.75, 3.05) is 0 Å². The van der Waals surface area contributed by atoms with E-state index in [1.54, 1.807) is 0 Å². The summed E-state index contributed by atoms with van der Waals surface area (Å²) in [5.41, 5.74) is 11.1. The molecule has 8 rings (SSSR count). The van der Waals surface area contributed by atoms with E-state index >= 15 is 0 Å². The van der Waals surface area contributed by atoms with Crippen LogP contribution in [0.1, 0.15) is 33.4 Å². The quantitative estimate of drug-likeness (QED) is 0.567. The molecule has 2 aromatic rings. The Morgan fingerprint density at radius 3 is 1.36 bits per heavy atom. The summed E-state index contributed by atoms with van der Waals surface area (Å²) in [6.45, 7) is 0. The third kappa shape index (κ3) is 3.64.